The molecule has 0 N–H and O–H groups in total. The number of hydrogen-bond acceptors (Lipinski definition) is 5. The maximum Gasteiger partial charge on any atom is 0.261 e. The predicted octanol–water partition coefficient (Wildman–Crippen LogP) is 4.04. The Morgan fingerprint density at radius 3 is 2.90 bits per heavy atom. The quantitative estimate of drug-likeness (QED) is 0.662. The number of benzene rings is 2. The average molecular weight is 399 g/mol. The summed E-state index contributed by atoms with van der Waals surface area (Å²) in [5.41, 5.74) is 0.410. The zero-order chi connectivity index (χ0) is 20.4. The van der Waals surface area contributed by atoms with Crippen LogP contribution in [-0.2, 0) is 0 Å². The van der Waals surface area contributed by atoms with Gasteiger partial charge in [0.15, 0.2) is 5.82 Å². The first-order chi connectivity index (χ1) is 14.1. The molecule has 0 bridgehead atoms. The third kappa shape index (κ3) is 3.83. The fourth-order valence-electron chi connectivity index (χ4n) is 3.54. The summed E-state index contributed by atoms with van der Waals surface area (Å²) in [6, 6.07) is 10.2. The molecular formula is C21H19F2N3O3. The van der Waals surface area contributed by atoms with Crippen molar-refractivity contribution in [1.29, 1.82) is 0 Å². The maximum atomic E-state index is 14.0. The number of carbonyl (C=O) groups excluding carboxylic acids is 1. The van der Waals surface area contributed by atoms with Crippen LogP contribution in [-0.4, -0.2) is 41.1 Å². The molecule has 2 heterocycles. The number of hydrogen-bond donors (Lipinski definition) is 0. The molecule has 1 aliphatic heterocycles. The van der Waals surface area contributed by atoms with E-state index in [-0.39, 0.29) is 11.5 Å². The van der Waals surface area contributed by atoms with E-state index in [2.05, 4.69) is 10.1 Å². The van der Waals surface area contributed by atoms with Crippen molar-refractivity contribution in [2.24, 2.45) is 0 Å². The highest BCUT2D eigenvalue weighted by Crippen LogP contribution is 2.31. The highest BCUT2D eigenvalue weighted by Gasteiger charge is 2.30. The van der Waals surface area contributed by atoms with Crippen molar-refractivity contribution < 1.29 is 22.8 Å². The molecule has 1 aliphatic rings. The smallest absolute Gasteiger partial charge is 0.261 e. The van der Waals surface area contributed by atoms with Gasteiger partial charge in [-0.3, -0.25) is 4.79 Å². The molecule has 8 heteroatoms. The lowest BCUT2D eigenvalue weighted by atomic mass is 9.96. The summed E-state index contributed by atoms with van der Waals surface area (Å²) in [7, 11) is 1.56. The van der Waals surface area contributed by atoms with Crippen molar-refractivity contribution in [3.05, 3.63) is 65.5 Å². The molecule has 1 atom stereocenters. The highest BCUT2D eigenvalue weighted by atomic mass is 19.1. The number of ether oxygens (including phenoxy) is 1. The van der Waals surface area contributed by atoms with Crippen molar-refractivity contribution in [3.8, 4) is 17.2 Å². The zero-order valence-corrected chi connectivity index (χ0v) is 15.8. The van der Waals surface area contributed by atoms with Gasteiger partial charge >= 0.3 is 0 Å². The minimum absolute atomic E-state index is 0.156. The second kappa shape index (κ2) is 7.98. The van der Waals surface area contributed by atoms with E-state index in [4.69, 9.17) is 9.26 Å². The molecule has 6 nitrogen and oxygen atoms in total. The number of piperidine rings is 1. The van der Waals surface area contributed by atoms with Gasteiger partial charge in [-0.25, -0.2) is 8.78 Å². The second-order valence-corrected chi connectivity index (χ2v) is 6.87. The summed E-state index contributed by atoms with van der Waals surface area (Å²) in [4.78, 5) is 18.7. The van der Waals surface area contributed by atoms with E-state index in [1.807, 2.05) is 18.2 Å². The van der Waals surface area contributed by atoms with Gasteiger partial charge in [0, 0.05) is 19.0 Å². The minimum atomic E-state index is -0.739. The molecule has 0 saturated carbocycles. The van der Waals surface area contributed by atoms with Gasteiger partial charge in [0.25, 0.3) is 11.8 Å². The molecule has 29 heavy (non-hydrogen) atoms. The molecule has 1 fully saturated rings. The van der Waals surface area contributed by atoms with Crippen molar-refractivity contribution in [2.45, 2.75) is 18.8 Å². The molecule has 4 rings (SSSR count). The SMILES string of the molecule is COc1ccccc1-c1nc([C@@H]2CCCN(C(=O)c3cc(F)ccc3F)C2)no1. The van der Waals surface area contributed by atoms with E-state index < -0.39 is 17.5 Å². The number of para-hydroxylation sites is 1. The van der Waals surface area contributed by atoms with Gasteiger partial charge in [0.1, 0.15) is 17.4 Å². The van der Waals surface area contributed by atoms with Crippen molar-refractivity contribution in [3.63, 3.8) is 0 Å². The van der Waals surface area contributed by atoms with Crippen molar-refractivity contribution >= 4 is 5.91 Å². The Hall–Kier alpha value is -3.29. The normalized spacial score (nSPS) is 16.7. The molecule has 0 unspecified atom stereocenters. The number of nitrogens with zero attached hydrogens (tertiary/aromatic N) is 3. The average Bonchev–Trinajstić information content (AvgIpc) is 3.25. The Bertz CT molecular complexity index is 1040. The van der Waals surface area contributed by atoms with E-state index in [1.54, 1.807) is 13.2 Å². The summed E-state index contributed by atoms with van der Waals surface area (Å²) < 4.78 is 38.2. The Morgan fingerprint density at radius 1 is 1.24 bits per heavy atom. The number of likely N-dealkylation sites (tertiary alicyclic amines) is 1. The van der Waals surface area contributed by atoms with Crippen LogP contribution < -0.4 is 4.74 Å². The summed E-state index contributed by atoms with van der Waals surface area (Å²) in [6.07, 6.45) is 1.46. The zero-order valence-electron chi connectivity index (χ0n) is 15.8. The molecule has 150 valence electrons. The van der Waals surface area contributed by atoms with Crippen LogP contribution in [0.15, 0.2) is 47.0 Å². The van der Waals surface area contributed by atoms with Crippen LogP contribution in [0.25, 0.3) is 11.5 Å². The van der Waals surface area contributed by atoms with Gasteiger partial charge in [-0.15, -0.1) is 0 Å². The molecule has 0 aliphatic carbocycles. The number of carbonyl (C=O) groups is 1. The molecule has 1 amide bonds. The standard InChI is InChI=1S/C21H19F2N3O3/c1-28-18-7-3-2-6-15(18)20-24-19(25-29-20)13-5-4-10-26(12-13)21(27)16-11-14(22)8-9-17(16)23/h2-3,6-9,11,13H,4-5,10,12H2,1H3/t13-/m1/s1. The Kier molecular flexibility index (Phi) is 5.24. The first-order valence-electron chi connectivity index (χ1n) is 9.28. The van der Waals surface area contributed by atoms with Crippen LogP contribution in [0.4, 0.5) is 8.78 Å². The van der Waals surface area contributed by atoms with Crippen molar-refractivity contribution in [1.82, 2.24) is 15.0 Å². The topological polar surface area (TPSA) is 68.5 Å². The van der Waals surface area contributed by atoms with Gasteiger partial charge in [0.2, 0.25) is 0 Å². The summed E-state index contributed by atoms with van der Waals surface area (Å²) in [5, 5.41) is 4.08. The van der Waals surface area contributed by atoms with Gasteiger partial charge in [0.05, 0.1) is 18.2 Å². The Labute approximate surface area is 166 Å². The molecule has 3 aromatic rings. The van der Waals surface area contributed by atoms with E-state index >= 15 is 0 Å². The number of aromatic nitrogens is 2. The van der Waals surface area contributed by atoms with E-state index in [9.17, 15) is 13.6 Å². The van der Waals surface area contributed by atoms with Gasteiger partial charge in [-0.05, 0) is 43.2 Å². The third-order valence-corrected chi connectivity index (χ3v) is 5.01. The third-order valence-electron chi connectivity index (χ3n) is 5.01. The lowest BCUT2D eigenvalue weighted by molar-refractivity contribution is 0.0698. The first kappa shape index (κ1) is 19.0. The fourth-order valence-corrected chi connectivity index (χ4v) is 3.54. The fraction of sp³-hybridized carbons (Fsp3) is 0.286. The Morgan fingerprint density at radius 2 is 2.07 bits per heavy atom. The van der Waals surface area contributed by atoms with Crippen LogP contribution in [0, 0.1) is 11.6 Å². The number of methoxy groups -OCH3 is 1. The predicted molar refractivity (Wildman–Crippen MR) is 101 cm³/mol. The highest BCUT2D eigenvalue weighted by molar-refractivity contribution is 5.94. The second-order valence-electron chi connectivity index (χ2n) is 6.87. The van der Waals surface area contributed by atoms with Crippen LogP contribution >= 0.6 is 0 Å². The maximum absolute atomic E-state index is 14.0. The minimum Gasteiger partial charge on any atom is -0.496 e. The van der Waals surface area contributed by atoms with Crippen LogP contribution in [0.2, 0.25) is 0 Å². The molecule has 0 spiro atoms. The lowest BCUT2D eigenvalue weighted by Crippen LogP contribution is -2.39. The summed E-state index contributed by atoms with van der Waals surface area (Å²) >= 11 is 0. The van der Waals surface area contributed by atoms with E-state index in [0.29, 0.717) is 42.5 Å². The van der Waals surface area contributed by atoms with Gasteiger partial charge in [-0.1, -0.05) is 17.3 Å². The first-order valence-corrected chi connectivity index (χ1v) is 9.28. The van der Waals surface area contributed by atoms with E-state index in [1.165, 1.54) is 4.90 Å². The summed E-state index contributed by atoms with van der Waals surface area (Å²) in [5.74, 6) is -0.666. The lowest BCUT2D eigenvalue weighted by Gasteiger charge is -2.31. The molecule has 2 aromatic carbocycles. The number of rotatable bonds is 4. The Balaban J connectivity index is 1.54. The molecule has 1 aromatic heterocycles. The largest absolute Gasteiger partial charge is 0.496 e. The van der Waals surface area contributed by atoms with Crippen LogP contribution in [0.5, 0.6) is 5.75 Å². The van der Waals surface area contributed by atoms with E-state index in [0.717, 1.165) is 24.6 Å². The van der Waals surface area contributed by atoms with Crippen LogP contribution in [0.1, 0.15) is 34.9 Å². The molecule has 1 saturated heterocycles. The molecular weight excluding hydrogens is 380 g/mol. The molecule has 0 radical (unpaired) electrons. The monoisotopic (exact) mass is 399 g/mol. The number of amides is 1. The van der Waals surface area contributed by atoms with Crippen LogP contribution in [0.3, 0.4) is 0 Å². The van der Waals surface area contributed by atoms with Gasteiger partial charge < -0.3 is 14.2 Å². The summed E-state index contributed by atoms with van der Waals surface area (Å²) in [6.45, 7) is 0.766. The number of halogens is 2. The van der Waals surface area contributed by atoms with Gasteiger partial charge in [-0.2, -0.15) is 4.98 Å². The van der Waals surface area contributed by atoms with Crippen molar-refractivity contribution in [2.75, 3.05) is 20.2 Å².